The molecule has 5 nitrogen and oxygen atoms in total. The first-order valence-corrected chi connectivity index (χ1v) is 8.79. The summed E-state index contributed by atoms with van der Waals surface area (Å²) in [4.78, 5) is 4.59. The lowest BCUT2D eigenvalue weighted by atomic mass is 9.87. The predicted octanol–water partition coefficient (Wildman–Crippen LogP) is 2.54. The first kappa shape index (κ1) is 16.0. The van der Waals surface area contributed by atoms with E-state index < -0.39 is 9.84 Å². The highest BCUT2D eigenvalue weighted by Crippen LogP contribution is 2.24. The summed E-state index contributed by atoms with van der Waals surface area (Å²) < 4.78 is 28.7. The molecule has 1 aromatic heterocycles. The van der Waals surface area contributed by atoms with E-state index in [1.54, 1.807) is 6.07 Å². The van der Waals surface area contributed by atoms with Crippen molar-refractivity contribution in [2.75, 3.05) is 6.26 Å². The van der Waals surface area contributed by atoms with E-state index in [2.05, 4.69) is 25.8 Å². The molecule has 0 aliphatic rings. The summed E-state index contributed by atoms with van der Waals surface area (Å²) in [6, 6.07) is 4.67. The zero-order chi connectivity index (χ0) is 15.8. The molecule has 1 aromatic carbocycles. The van der Waals surface area contributed by atoms with Crippen LogP contribution in [0, 0.1) is 5.41 Å². The van der Waals surface area contributed by atoms with E-state index in [0.29, 0.717) is 23.4 Å². The van der Waals surface area contributed by atoms with Crippen LogP contribution in [0.2, 0.25) is 0 Å². The van der Waals surface area contributed by atoms with Crippen molar-refractivity contribution in [3.63, 3.8) is 0 Å². The number of hydrogen-bond donors (Lipinski definition) is 1. The minimum Gasteiger partial charge on any atom is -0.441 e. The van der Waals surface area contributed by atoms with E-state index in [-0.39, 0.29) is 16.4 Å². The topological polar surface area (TPSA) is 86.2 Å². The molecule has 1 unspecified atom stereocenters. The lowest BCUT2D eigenvalue weighted by molar-refractivity contribution is 0.329. The van der Waals surface area contributed by atoms with Crippen LogP contribution in [0.25, 0.3) is 11.1 Å². The second-order valence-electron chi connectivity index (χ2n) is 6.74. The van der Waals surface area contributed by atoms with Gasteiger partial charge in [0.2, 0.25) is 0 Å². The maximum atomic E-state index is 11.5. The van der Waals surface area contributed by atoms with Crippen molar-refractivity contribution in [2.24, 2.45) is 11.1 Å². The lowest BCUT2D eigenvalue weighted by Crippen LogP contribution is -2.28. The van der Waals surface area contributed by atoms with Gasteiger partial charge in [-0.05, 0) is 30.0 Å². The van der Waals surface area contributed by atoms with E-state index >= 15 is 0 Å². The maximum absolute atomic E-state index is 11.5. The van der Waals surface area contributed by atoms with E-state index in [0.717, 1.165) is 6.42 Å². The quantitative estimate of drug-likeness (QED) is 0.937. The van der Waals surface area contributed by atoms with Gasteiger partial charge in [0.25, 0.3) is 0 Å². The summed E-state index contributed by atoms with van der Waals surface area (Å²) in [5.74, 6) is 0.549. The average Bonchev–Trinajstić information content (AvgIpc) is 2.65. The van der Waals surface area contributed by atoms with Crippen LogP contribution in [-0.2, 0) is 16.3 Å². The molecular weight excluding hydrogens is 288 g/mol. The third-order valence-corrected chi connectivity index (χ3v) is 4.25. The fourth-order valence-corrected chi connectivity index (χ4v) is 3.00. The molecule has 0 aliphatic carbocycles. The first-order valence-electron chi connectivity index (χ1n) is 6.90. The molecule has 2 rings (SSSR count). The molecule has 0 radical (unpaired) electrons. The van der Waals surface area contributed by atoms with Gasteiger partial charge in [-0.15, -0.1) is 0 Å². The van der Waals surface area contributed by atoms with Crippen LogP contribution in [0.1, 0.15) is 33.1 Å². The van der Waals surface area contributed by atoms with Crippen LogP contribution in [0.15, 0.2) is 27.5 Å². The monoisotopic (exact) mass is 310 g/mol. The summed E-state index contributed by atoms with van der Waals surface area (Å²) in [6.45, 7) is 6.41. The van der Waals surface area contributed by atoms with Crippen LogP contribution in [0.3, 0.4) is 0 Å². The fraction of sp³-hybridized carbons (Fsp3) is 0.533. The Bertz CT molecular complexity index is 742. The van der Waals surface area contributed by atoms with Crippen LogP contribution in [0.5, 0.6) is 0 Å². The van der Waals surface area contributed by atoms with Gasteiger partial charge in [-0.25, -0.2) is 13.4 Å². The van der Waals surface area contributed by atoms with Gasteiger partial charge in [0, 0.05) is 18.7 Å². The number of benzene rings is 1. The first-order chi connectivity index (χ1) is 9.54. The van der Waals surface area contributed by atoms with Crippen molar-refractivity contribution >= 4 is 20.9 Å². The van der Waals surface area contributed by atoms with Crippen molar-refractivity contribution in [1.82, 2.24) is 4.98 Å². The van der Waals surface area contributed by atoms with E-state index in [1.165, 1.54) is 18.4 Å². The van der Waals surface area contributed by atoms with Crippen LogP contribution in [0.4, 0.5) is 0 Å². The molecule has 21 heavy (non-hydrogen) atoms. The van der Waals surface area contributed by atoms with Crippen molar-refractivity contribution in [3.05, 3.63) is 24.1 Å². The average molecular weight is 310 g/mol. The van der Waals surface area contributed by atoms with Gasteiger partial charge in [-0.1, -0.05) is 20.8 Å². The van der Waals surface area contributed by atoms with E-state index in [4.69, 9.17) is 10.2 Å². The SMILES string of the molecule is CC(C)(C)CC(N)Cc1nc2cc(S(C)(=O)=O)ccc2o1. The van der Waals surface area contributed by atoms with Gasteiger partial charge < -0.3 is 10.2 Å². The number of aromatic nitrogens is 1. The summed E-state index contributed by atoms with van der Waals surface area (Å²) in [5, 5.41) is 0. The second kappa shape index (κ2) is 5.42. The molecule has 116 valence electrons. The number of nitrogens with zero attached hydrogens (tertiary/aromatic N) is 1. The Kier molecular flexibility index (Phi) is 4.13. The molecule has 0 saturated heterocycles. The Morgan fingerprint density at radius 3 is 2.57 bits per heavy atom. The molecule has 1 atom stereocenters. The highest BCUT2D eigenvalue weighted by molar-refractivity contribution is 7.90. The van der Waals surface area contributed by atoms with Gasteiger partial charge in [0.05, 0.1) is 4.90 Å². The number of rotatable bonds is 4. The van der Waals surface area contributed by atoms with Crippen molar-refractivity contribution in [1.29, 1.82) is 0 Å². The van der Waals surface area contributed by atoms with Crippen LogP contribution in [-0.4, -0.2) is 25.7 Å². The standard InChI is InChI=1S/C15H22N2O3S/c1-15(2,3)9-10(16)7-14-17-12-8-11(21(4,18)19)5-6-13(12)20-14/h5-6,8,10H,7,9,16H2,1-4H3. The number of oxazole rings is 1. The molecule has 0 aliphatic heterocycles. The van der Waals surface area contributed by atoms with Crippen LogP contribution >= 0.6 is 0 Å². The van der Waals surface area contributed by atoms with E-state index in [1.807, 2.05) is 0 Å². The predicted molar refractivity (Wildman–Crippen MR) is 82.9 cm³/mol. The molecular formula is C15H22N2O3S. The number of sulfone groups is 1. The summed E-state index contributed by atoms with van der Waals surface area (Å²) in [6.07, 6.45) is 2.58. The molecule has 0 bridgehead atoms. The fourth-order valence-electron chi connectivity index (χ4n) is 2.36. The van der Waals surface area contributed by atoms with Gasteiger partial charge >= 0.3 is 0 Å². The molecule has 0 saturated carbocycles. The molecule has 6 heteroatoms. The Labute approximate surface area is 125 Å². The van der Waals surface area contributed by atoms with Crippen LogP contribution < -0.4 is 5.73 Å². The molecule has 0 amide bonds. The Morgan fingerprint density at radius 1 is 1.33 bits per heavy atom. The highest BCUT2D eigenvalue weighted by Gasteiger charge is 2.18. The van der Waals surface area contributed by atoms with Gasteiger partial charge in [0.1, 0.15) is 5.52 Å². The van der Waals surface area contributed by atoms with E-state index in [9.17, 15) is 8.42 Å². The van der Waals surface area contributed by atoms with Crippen molar-refractivity contribution in [2.45, 2.75) is 44.6 Å². The molecule has 2 aromatic rings. The van der Waals surface area contributed by atoms with Gasteiger partial charge in [-0.2, -0.15) is 0 Å². The second-order valence-corrected chi connectivity index (χ2v) is 8.75. The Morgan fingerprint density at radius 2 is 2.00 bits per heavy atom. The molecule has 2 N–H and O–H groups in total. The van der Waals surface area contributed by atoms with Crippen molar-refractivity contribution < 1.29 is 12.8 Å². The Hall–Kier alpha value is -1.40. The number of nitrogens with two attached hydrogens (primary N) is 1. The maximum Gasteiger partial charge on any atom is 0.197 e. The van der Waals surface area contributed by atoms with Crippen molar-refractivity contribution in [3.8, 4) is 0 Å². The molecule has 0 spiro atoms. The lowest BCUT2D eigenvalue weighted by Gasteiger charge is -2.22. The van der Waals surface area contributed by atoms with Gasteiger partial charge in [0.15, 0.2) is 21.3 Å². The smallest absolute Gasteiger partial charge is 0.197 e. The summed E-state index contributed by atoms with van der Waals surface area (Å²) >= 11 is 0. The molecule has 0 fully saturated rings. The number of hydrogen-bond acceptors (Lipinski definition) is 5. The zero-order valence-electron chi connectivity index (χ0n) is 12.9. The largest absolute Gasteiger partial charge is 0.441 e. The normalized spacial score (nSPS) is 14.5. The summed E-state index contributed by atoms with van der Waals surface area (Å²) in [7, 11) is -3.24. The highest BCUT2D eigenvalue weighted by atomic mass is 32.2. The summed E-state index contributed by atoms with van der Waals surface area (Å²) in [5.41, 5.74) is 7.40. The minimum absolute atomic E-state index is 0.0348. The third-order valence-electron chi connectivity index (χ3n) is 3.14. The zero-order valence-corrected chi connectivity index (χ0v) is 13.7. The van der Waals surface area contributed by atoms with Gasteiger partial charge in [-0.3, -0.25) is 0 Å². The third kappa shape index (κ3) is 4.28. The number of fused-ring (bicyclic) bond motifs is 1. The molecule has 1 heterocycles. The Balaban J connectivity index is 2.23. The minimum atomic E-state index is -3.24.